The number of aryl methyl sites for hydroxylation is 2. The average Bonchev–Trinajstić information content (AvgIpc) is 2.63. The maximum Gasteiger partial charge on any atom is 0.0900 e. The third-order valence-corrected chi connectivity index (χ3v) is 4.18. The van der Waals surface area contributed by atoms with Crippen LogP contribution in [-0.2, 0) is 0 Å². The fraction of sp³-hybridized carbons (Fsp3) is 0.786. The number of hydrogen-bond donors (Lipinski definition) is 1. The number of aromatic nitrogens is 1. The quantitative estimate of drug-likeness (QED) is 0.696. The first-order valence-corrected chi connectivity index (χ1v) is 7.68. The van der Waals surface area contributed by atoms with Gasteiger partial charge in [0.1, 0.15) is 0 Å². The van der Waals surface area contributed by atoms with Gasteiger partial charge in [-0.3, -0.25) is 0 Å². The first-order valence-electron chi connectivity index (χ1n) is 6.86. The van der Waals surface area contributed by atoms with Crippen LogP contribution in [-0.4, -0.2) is 11.5 Å². The lowest BCUT2D eigenvalue weighted by molar-refractivity contribution is 0.478. The highest BCUT2D eigenvalue weighted by Gasteiger charge is 2.16. The Bertz CT molecular complexity index is 320. The Hall–Kier alpha value is -0.410. The van der Waals surface area contributed by atoms with Crippen LogP contribution in [0, 0.1) is 13.8 Å². The summed E-state index contributed by atoms with van der Waals surface area (Å²) in [5.41, 5.74) is 1.22. The molecule has 0 saturated heterocycles. The van der Waals surface area contributed by atoms with E-state index in [0.29, 0.717) is 6.04 Å². The van der Waals surface area contributed by atoms with E-state index in [0.717, 1.165) is 6.54 Å². The molecule has 0 amide bonds. The van der Waals surface area contributed by atoms with Crippen molar-refractivity contribution in [2.75, 3.05) is 6.54 Å². The molecule has 0 aromatic carbocycles. The van der Waals surface area contributed by atoms with Gasteiger partial charge < -0.3 is 5.32 Å². The van der Waals surface area contributed by atoms with Crippen molar-refractivity contribution in [2.45, 2.75) is 65.8 Å². The van der Waals surface area contributed by atoms with Crippen LogP contribution in [0.15, 0.2) is 0 Å². The zero-order valence-electron chi connectivity index (χ0n) is 11.7. The minimum absolute atomic E-state index is 0.521. The van der Waals surface area contributed by atoms with Crippen LogP contribution in [0.3, 0.4) is 0 Å². The van der Waals surface area contributed by atoms with Gasteiger partial charge in [0.2, 0.25) is 0 Å². The molecule has 1 aromatic rings. The van der Waals surface area contributed by atoms with Gasteiger partial charge in [-0.1, -0.05) is 33.1 Å². The molecule has 0 bridgehead atoms. The molecule has 0 aliphatic carbocycles. The molecule has 0 radical (unpaired) electrons. The van der Waals surface area contributed by atoms with Crippen molar-refractivity contribution < 1.29 is 0 Å². The minimum atomic E-state index is 0.521. The van der Waals surface area contributed by atoms with Gasteiger partial charge in [-0.15, -0.1) is 11.3 Å². The van der Waals surface area contributed by atoms with E-state index in [-0.39, 0.29) is 0 Å². The second-order valence-electron chi connectivity index (χ2n) is 4.69. The molecule has 3 heteroatoms. The Morgan fingerprint density at radius 1 is 1.18 bits per heavy atom. The molecule has 17 heavy (non-hydrogen) atoms. The van der Waals surface area contributed by atoms with Crippen molar-refractivity contribution in [1.82, 2.24) is 10.3 Å². The van der Waals surface area contributed by atoms with E-state index in [2.05, 4.69) is 38.0 Å². The second-order valence-corrected chi connectivity index (χ2v) is 5.92. The van der Waals surface area contributed by atoms with E-state index >= 15 is 0 Å². The molecular weight excluding hydrogens is 228 g/mol. The van der Waals surface area contributed by atoms with Crippen molar-refractivity contribution in [2.24, 2.45) is 0 Å². The third kappa shape index (κ3) is 4.76. The van der Waals surface area contributed by atoms with E-state index in [9.17, 15) is 0 Å². The van der Waals surface area contributed by atoms with E-state index in [1.165, 1.54) is 47.7 Å². The molecule has 1 aromatic heterocycles. The van der Waals surface area contributed by atoms with Gasteiger partial charge in [0.15, 0.2) is 0 Å². The predicted octanol–water partition coefficient (Wildman–Crippen LogP) is 4.38. The number of rotatable bonds is 8. The maximum atomic E-state index is 4.55. The summed E-state index contributed by atoms with van der Waals surface area (Å²) >= 11 is 1.86. The number of unbranched alkanes of at least 4 members (excludes halogenated alkanes) is 2. The summed E-state index contributed by atoms with van der Waals surface area (Å²) in [6, 6.07) is 0.521. The molecule has 2 nitrogen and oxygen atoms in total. The van der Waals surface area contributed by atoms with Gasteiger partial charge in [0.25, 0.3) is 0 Å². The predicted molar refractivity (Wildman–Crippen MR) is 76.8 cm³/mol. The summed E-state index contributed by atoms with van der Waals surface area (Å²) in [5.74, 6) is 0. The number of thiazole rings is 1. The first kappa shape index (κ1) is 14.7. The highest BCUT2D eigenvalue weighted by atomic mass is 32.1. The maximum absolute atomic E-state index is 4.55. The van der Waals surface area contributed by atoms with Crippen LogP contribution in [0.4, 0.5) is 0 Å². The van der Waals surface area contributed by atoms with Gasteiger partial charge in [0, 0.05) is 10.9 Å². The smallest absolute Gasteiger partial charge is 0.0900 e. The molecule has 1 atom stereocenters. The standard InChI is InChI=1S/C14H26N2S/c1-5-7-8-9-13(15-10-6-2)14-11(3)16-12(4)17-14/h13,15H,5-10H2,1-4H3. The van der Waals surface area contributed by atoms with Crippen molar-refractivity contribution in [3.8, 4) is 0 Å². The van der Waals surface area contributed by atoms with Gasteiger partial charge in [-0.05, 0) is 33.2 Å². The molecule has 0 aliphatic heterocycles. The average molecular weight is 254 g/mol. The molecule has 1 heterocycles. The van der Waals surface area contributed by atoms with Crippen molar-refractivity contribution in [1.29, 1.82) is 0 Å². The molecule has 1 unspecified atom stereocenters. The summed E-state index contributed by atoms with van der Waals surface area (Å²) < 4.78 is 0. The lowest BCUT2D eigenvalue weighted by atomic mass is 10.1. The van der Waals surface area contributed by atoms with Crippen LogP contribution in [0.5, 0.6) is 0 Å². The van der Waals surface area contributed by atoms with E-state index in [1.54, 1.807) is 0 Å². The SMILES string of the molecule is CCCCCC(NCCC)c1sc(C)nc1C. The van der Waals surface area contributed by atoms with E-state index in [1.807, 2.05) is 11.3 Å². The van der Waals surface area contributed by atoms with Crippen LogP contribution in [0.1, 0.15) is 67.6 Å². The van der Waals surface area contributed by atoms with Crippen LogP contribution < -0.4 is 5.32 Å². The van der Waals surface area contributed by atoms with Gasteiger partial charge in [0.05, 0.1) is 10.7 Å². The Kier molecular flexibility index (Phi) is 6.75. The highest BCUT2D eigenvalue weighted by molar-refractivity contribution is 7.11. The normalized spacial score (nSPS) is 12.9. The summed E-state index contributed by atoms with van der Waals surface area (Å²) in [5, 5.41) is 4.86. The van der Waals surface area contributed by atoms with Gasteiger partial charge in [-0.2, -0.15) is 0 Å². The van der Waals surface area contributed by atoms with Crippen LogP contribution >= 0.6 is 11.3 Å². The van der Waals surface area contributed by atoms with Gasteiger partial charge >= 0.3 is 0 Å². The number of nitrogens with zero attached hydrogens (tertiary/aromatic N) is 1. The number of hydrogen-bond acceptors (Lipinski definition) is 3. The zero-order chi connectivity index (χ0) is 12.7. The Balaban J connectivity index is 2.64. The first-order chi connectivity index (χ1) is 8.19. The van der Waals surface area contributed by atoms with Gasteiger partial charge in [-0.25, -0.2) is 4.98 Å². The minimum Gasteiger partial charge on any atom is -0.309 e. The fourth-order valence-electron chi connectivity index (χ4n) is 2.11. The summed E-state index contributed by atoms with van der Waals surface area (Å²) in [4.78, 5) is 6.00. The Morgan fingerprint density at radius 3 is 2.47 bits per heavy atom. The van der Waals surface area contributed by atoms with E-state index in [4.69, 9.17) is 0 Å². The highest BCUT2D eigenvalue weighted by Crippen LogP contribution is 2.28. The molecule has 0 saturated carbocycles. The molecule has 0 fully saturated rings. The largest absolute Gasteiger partial charge is 0.309 e. The van der Waals surface area contributed by atoms with Crippen molar-refractivity contribution in [3.05, 3.63) is 15.6 Å². The number of nitrogens with one attached hydrogen (secondary N) is 1. The zero-order valence-corrected chi connectivity index (χ0v) is 12.5. The lowest BCUT2D eigenvalue weighted by Gasteiger charge is -2.17. The Labute approximate surface area is 110 Å². The molecule has 1 N–H and O–H groups in total. The topological polar surface area (TPSA) is 24.9 Å². The third-order valence-electron chi connectivity index (χ3n) is 2.99. The summed E-state index contributed by atoms with van der Waals surface area (Å²) in [6.45, 7) is 9.83. The Morgan fingerprint density at radius 2 is 1.94 bits per heavy atom. The lowest BCUT2D eigenvalue weighted by Crippen LogP contribution is -2.22. The fourth-order valence-corrected chi connectivity index (χ4v) is 3.15. The molecule has 0 aliphatic rings. The van der Waals surface area contributed by atoms with Crippen LogP contribution in [0.25, 0.3) is 0 Å². The van der Waals surface area contributed by atoms with Crippen LogP contribution in [0.2, 0.25) is 0 Å². The summed E-state index contributed by atoms with van der Waals surface area (Å²) in [7, 11) is 0. The summed E-state index contributed by atoms with van der Waals surface area (Å²) in [6.07, 6.45) is 6.38. The molecule has 98 valence electrons. The monoisotopic (exact) mass is 254 g/mol. The molecular formula is C14H26N2S. The second kappa shape index (κ2) is 7.83. The van der Waals surface area contributed by atoms with Crippen molar-refractivity contribution >= 4 is 11.3 Å². The van der Waals surface area contributed by atoms with Crippen molar-refractivity contribution in [3.63, 3.8) is 0 Å². The molecule has 0 spiro atoms. The molecule has 1 rings (SSSR count). The van der Waals surface area contributed by atoms with E-state index < -0.39 is 0 Å².